The van der Waals surface area contributed by atoms with Crippen LogP contribution in [0.4, 0.5) is 4.39 Å². The van der Waals surface area contributed by atoms with Crippen molar-refractivity contribution >= 4 is 11.6 Å². The molecule has 1 radical (unpaired) electrons. The summed E-state index contributed by atoms with van der Waals surface area (Å²) in [7, 11) is 0. The number of nitrogens with zero attached hydrogens (tertiary/aromatic N) is 2. The molecule has 41 valence electrons. The highest BCUT2D eigenvalue weighted by Gasteiger charge is 1.91. The smallest absolute Gasteiger partial charge is 0.182 e. The van der Waals surface area contributed by atoms with Crippen LogP contribution in [-0.4, -0.2) is 10.2 Å². The van der Waals surface area contributed by atoms with Crippen LogP contribution in [0.2, 0.25) is 5.02 Å². The molecule has 8 heavy (non-hydrogen) atoms. The molecule has 0 atom stereocenters. The Morgan fingerprint density at radius 2 is 2.50 bits per heavy atom. The first kappa shape index (κ1) is 5.44. The van der Waals surface area contributed by atoms with Crippen LogP contribution in [0.5, 0.6) is 0 Å². The van der Waals surface area contributed by atoms with E-state index in [-0.39, 0.29) is 5.02 Å². The second-order valence-electron chi connectivity index (χ2n) is 1.11. The second kappa shape index (κ2) is 2.05. The molecule has 1 rings (SSSR count). The maximum absolute atomic E-state index is 11.9. The Morgan fingerprint density at radius 1 is 1.75 bits per heavy atom. The molecule has 0 aromatic carbocycles. The molecular formula is C4HClFN2. The Morgan fingerprint density at radius 3 is 2.88 bits per heavy atom. The Kier molecular flexibility index (Phi) is 1.39. The second-order valence-corrected chi connectivity index (χ2v) is 1.52. The zero-order chi connectivity index (χ0) is 5.98. The normalized spacial score (nSPS) is 9.25. The van der Waals surface area contributed by atoms with Gasteiger partial charge in [0, 0.05) is 0 Å². The minimum Gasteiger partial charge on any atom is -0.182 e. The zero-order valence-electron chi connectivity index (χ0n) is 3.73. The van der Waals surface area contributed by atoms with Crippen LogP contribution in [0.3, 0.4) is 0 Å². The predicted molar refractivity (Wildman–Crippen MR) is 25.8 cm³/mol. The van der Waals surface area contributed by atoms with E-state index in [1.807, 2.05) is 0 Å². The van der Waals surface area contributed by atoms with E-state index in [9.17, 15) is 4.39 Å². The van der Waals surface area contributed by atoms with Gasteiger partial charge in [-0.15, -0.1) is 5.10 Å². The number of hydrogen-bond acceptors (Lipinski definition) is 2. The molecule has 0 saturated carbocycles. The van der Waals surface area contributed by atoms with Crippen LogP contribution in [0.15, 0.2) is 6.20 Å². The molecule has 0 aliphatic heterocycles. The molecule has 0 N–H and O–H groups in total. The summed E-state index contributed by atoms with van der Waals surface area (Å²) < 4.78 is 11.9. The van der Waals surface area contributed by atoms with Crippen molar-refractivity contribution in [3.8, 4) is 0 Å². The lowest BCUT2D eigenvalue weighted by atomic mass is 10.6. The van der Waals surface area contributed by atoms with Gasteiger partial charge in [0.25, 0.3) is 0 Å². The summed E-state index contributed by atoms with van der Waals surface area (Å²) in [6, 6.07) is 2.10. The first-order valence-electron chi connectivity index (χ1n) is 1.85. The molecule has 1 aromatic rings. The van der Waals surface area contributed by atoms with Gasteiger partial charge in [-0.1, -0.05) is 11.6 Å². The SMILES string of the molecule is Fc1[c]c(Cl)cnn1. The largest absolute Gasteiger partial charge is 0.242 e. The van der Waals surface area contributed by atoms with Gasteiger partial charge in [-0.3, -0.25) is 0 Å². The highest BCUT2D eigenvalue weighted by Crippen LogP contribution is 2.02. The molecule has 2 nitrogen and oxygen atoms in total. The molecule has 0 aliphatic rings. The van der Waals surface area contributed by atoms with Crippen molar-refractivity contribution in [3.63, 3.8) is 0 Å². The van der Waals surface area contributed by atoms with Crippen molar-refractivity contribution in [2.75, 3.05) is 0 Å². The lowest BCUT2D eigenvalue weighted by molar-refractivity contribution is 0.561. The van der Waals surface area contributed by atoms with Crippen molar-refractivity contribution in [2.24, 2.45) is 0 Å². The van der Waals surface area contributed by atoms with E-state index in [4.69, 9.17) is 11.6 Å². The molecule has 0 saturated heterocycles. The molecule has 0 spiro atoms. The Hall–Kier alpha value is -0.700. The number of halogens is 2. The summed E-state index contributed by atoms with van der Waals surface area (Å²) in [5, 5.41) is 6.32. The lowest BCUT2D eigenvalue weighted by Gasteiger charge is -1.82. The monoisotopic (exact) mass is 131 g/mol. The Balaban J connectivity index is 3.08. The average molecular weight is 132 g/mol. The van der Waals surface area contributed by atoms with Crippen LogP contribution in [0.25, 0.3) is 0 Å². The maximum Gasteiger partial charge on any atom is 0.242 e. The third-order valence-corrected chi connectivity index (χ3v) is 0.731. The van der Waals surface area contributed by atoms with E-state index >= 15 is 0 Å². The fourth-order valence-corrected chi connectivity index (χ4v) is 0.408. The van der Waals surface area contributed by atoms with Crippen LogP contribution in [-0.2, 0) is 0 Å². The van der Waals surface area contributed by atoms with E-state index in [0.29, 0.717) is 0 Å². The van der Waals surface area contributed by atoms with E-state index in [1.165, 1.54) is 6.20 Å². The zero-order valence-corrected chi connectivity index (χ0v) is 4.48. The molecule has 0 bridgehead atoms. The maximum atomic E-state index is 11.9. The fraction of sp³-hybridized carbons (Fsp3) is 0. The quantitative estimate of drug-likeness (QED) is 0.526. The minimum atomic E-state index is -0.780. The van der Waals surface area contributed by atoms with Gasteiger partial charge in [-0.2, -0.15) is 9.49 Å². The molecule has 0 unspecified atom stereocenters. The first-order valence-corrected chi connectivity index (χ1v) is 2.23. The number of aromatic nitrogens is 2. The van der Waals surface area contributed by atoms with Gasteiger partial charge in [0.1, 0.15) is 0 Å². The van der Waals surface area contributed by atoms with E-state index in [2.05, 4.69) is 16.3 Å². The van der Waals surface area contributed by atoms with E-state index < -0.39 is 5.95 Å². The minimum absolute atomic E-state index is 0.137. The molecule has 4 heteroatoms. The van der Waals surface area contributed by atoms with Gasteiger partial charge < -0.3 is 0 Å². The highest BCUT2D eigenvalue weighted by atomic mass is 35.5. The Labute approximate surface area is 50.3 Å². The van der Waals surface area contributed by atoms with Crippen molar-refractivity contribution in [2.45, 2.75) is 0 Å². The van der Waals surface area contributed by atoms with Crippen molar-refractivity contribution in [1.29, 1.82) is 0 Å². The molecule has 1 aromatic heterocycles. The van der Waals surface area contributed by atoms with Crippen molar-refractivity contribution < 1.29 is 4.39 Å². The van der Waals surface area contributed by atoms with E-state index in [1.54, 1.807) is 0 Å². The summed E-state index contributed by atoms with van der Waals surface area (Å²) in [6.45, 7) is 0. The van der Waals surface area contributed by atoms with Gasteiger partial charge in [0.2, 0.25) is 5.95 Å². The molecular weight excluding hydrogens is 131 g/mol. The van der Waals surface area contributed by atoms with Crippen molar-refractivity contribution in [3.05, 3.63) is 23.2 Å². The molecule has 0 aliphatic carbocycles. The van der Waals surface area contributed by atoms with Crippen LogP contribution in [0.1, 0.15) is 0 Å². The Bertz CT molecular complexity index is 174. The molecule has 1 heterocycles. The summed E-state index contributed by atoms with van der Waals surface area (Å²) >= 11 is 5.25. The van der Waals surface area contributed by atoms with E-state index in [0.717, 1.165) is 0 Å². The summed E-state index contributed by atoms with van der Waals surface area (Å²) in [5.74, 6) is -0.780. The van der Waals surface area contributed by atoms with Crippen LogP contribution >= 0.6 is 11.6 Å². The summed E-state index contributed by atoms with van der Waals surface area (Å²) in [5.41, 5.74) is 0. The van der Waals surface area contributed by atoms with Gasteiger partial charge in [-0.05, 0) is 0 Å². The predicted octanol–water partition coefficient (Wildman–Crippen LogP) is 1.07. The van der Waals surface area contributed by atoms with Crippen LogP contribution < -0.4 is 0 Å². The van der Waals surface area contributed by atoms with Gasteiger partial charge in [0.15, 0.2) is 0 Å². The number of hydrogen-bond donors (Lipinski definition) is 0. The van der Waals surface area contributed by atoms with Crippen molar-refractivity contribution in [1.82, 2.24) is 10.2 Å². The van der Waals surface area contributed by atoms with Gasteiger partial charge in [-0.25, -0.2) is 0 Å². The van der Waals surface area contributed by atoms with Gasteiger partial charge >= 0.3 is 0 Å². The lowest BCUT2D eigenvalue weighted by Crippen LogP contribution is -1.84. The third-order valence-electron chi connectivity index (χ3n) is 0.539. The first-order chi connectivity index (χ1) is 3.79. The van der Waals surface area contributed by atoms with Gasteiger partial charge in [0.05, 0.1) is 17.3 Å². The molecule has 0 fully saturated rings. The summed E-state index contributed by atoms with van der Waals surface area (Å²) in [4.78, 5) is 0. The standard InChI is InChI=1S/C4HClFN2/c5-3-1-4(6)8-7-2-3/h2H. The number of rotatable bonds is 0. The summed E-state index contributed by atoms with van der Waals surface area (Å²) in [6.07, 6.45) is 1.21. The molecule has 0 amide bonds. The fourth-order valence-electron chi connectivity index (χ4n) is 0.286. The third kappa shape index (κ3) is 1.13. The highest BCUT2D eigenvalue weighted by molar-refractivity contribution is 6.30. The topological polar surface area (TPSA) is 25.8 Å². The average Bonchev–Trinajstić information content (AvgIpc) is 1.64. The van der Waals surface area contributed by atoms with Crippen LogP contribution in [0, 0.1) is 12.0 Å².